The van der Waals surface area contributed by atoms with Crippen LogP contribution in [0.1, 0.15) is 52.4 Å². The lowest BCUT2D eigenvalue weighted by atomic mass is 9.75. The normalized spacial score (nSPS) is 37.7. The zero-order chi connectivity index (χ0) is 13.2. The number of nitrogens with two attached hydrogens (primary N) is 1. The number of nitrogens with zero attached hydrogens (tertiary/aromatic N) is 1. The summed E-state index contributed by atoms with van der Waals surface area (Å²) < 4.78 is 5.61. The molecule has 0 amide bonds. The van der Waals surface area contributed by atoms with Gasteiger partial charge in [-0.2, -0.15) is 0 Å². The van der Waals surface area contributed by atoms with E-state index in [2.05, 4.69) is 18.7 Å². The zero-order valence-electron chi connectivity index (χ0n) is 12.4. The monoisotopic (exact) mass is 254 g/mol. The number of methoxy groups -OCH3 is 1. The third-order valence-electron chi connectivity index (χ3n) is 5.06. The summed E-state index contributed by atoms with van der Waals surface area (Å²) in [4.78, 5) is 2.68. The van der Waals surface area contributed by atoms with Crippen LogP contribution in [0.25, 0.3) is 0 Å². The van der Waals surface area contributed by atoms with Gasteiger partial charge in [-0.1, -0.05) is 13.8 Å². The van der Waals surface area contributed by atoms with Gasteiger partial charge < -0.3 is 10.5 Å². The maximum Gasteiger partial charge on any atom is 0.0589 e. The minimum atomic E-state index is 0.205. The average Bonchev–Trinajstić information content (AvgIpc) is 2.37. The second kappa shape index (κ2) is 5.48. The maximum absolute atomic E-state index is 6.18. The molecule has 2 atom stereocenters. The van der Waals surface area contributed by atoms with Gasteiger partial charge in [0.15, 0.2) is 0 Å². The second-order valence-corrected chi connectivity index (χ2v) is 7.07. The number of rotatable bonds is 3. The van der Waals surface area contributed by atoms with E-state index < -0.39 is 0 Å². The minimum absolute atomic E-state index is 0.205. The van der Waals surface area contributed by atoms with Crippen LogP contribution in [0.4, 0.5) is 0 Å². The minimum Gasteiger partial charge on any atom is -0.381 e. The maximum atomic E-state index is 6.18. The van der Waals surface area contributed by atoms with Crippen LogP contribution in [0.3, 0.4) is 0 Å². The van der Waals surface area contributed by atoms with Crippen molar-refractivity contribution >= 4 is 0 Å². The van der Waals surface area contributed by atoms with Crippen LogP contribution in [-0.4, -0.2) is 43.3 Å². The van der Waals surface area contributed by atoms with Crippen LogP contribution in [0.2, 0.25) is 0 Å². The van der Waals surface area contributed by atoms with Crippen LogP contribution in [0, 0.1) is 5.41 Å². The molecule has 0 aromatic carbocycles. The SMILES string of the molecule is COC1CCCC(CN)(N2CCCC(C)(C)C2)C1. The lowest BCUT2D eigenvalue weighted by Crippen LogP contribution is -2.61. The largest absolute Gasteiger partial charge is 0.381 e. The van der Waals surface area contributed by atoms with E-state index in [9.17, 15) is 0 Å². The van der Waals surface area contributed by atoms with E-state index in [4.69, 9.17) is 10.5 Å². The highest BCUT2D eigenvalue weighted by Gasteiger charge is 2.43. The highest BCUT2D eigenvalue weighted by molar-refractivity contribution is 4.99. The molecule has 1 saturated carbocycles. The summed E-state index contributed by atoms with van der Waals surface area (Å²) in [5, 5.41) is 0. The summed E-state index contributed by atoms with van der Waals surface area (Å²) in [6.45, 7) is 7.97. The van der Waals surface area contributed by atoms with Crippen molar-refractivity contribution in [1.29, 1.82) is 0 Å². The van der Waals surface area contributed by atoms with E-state index in [0.29, 0.717) is 11.5 Å². The van der Waals surface area contributed by atoms with Gasteiger partial charge in [0.25, 0.3) is 0 Å². The third-order valence-corrected chi connectivity index (χ3v) is 5.06. The van der Waals surface area contributed by atoms with Crippen molar-refractivity contribution in [3.63, 3.8) is 0 Å². The number of hydrogen-bond donors (Lipinski definition) is 1. The van der Waals surface area contributed by atoms with Crippen molar-refractivity contribution in [2.45, 2.75) is 64.0 Å². The summed E-state index contributed by atoms with van der Waals surface area (Å²) in [7, 11) is 1.84. The topological polar surface area (TPSA) is 38.5 Å². The molecule has 2 N–H and O–H groups in total. The Balaban J connectivity index is 2.11. The molecule has 1 aliphatic carbocycles. The first kappa shape index (κ1) is 14.3. The Kier molecular flexibility index (Phi) is 4.35. The van der Waals surface area contributed by atoms with Gasteiger partial charge in [-0.25, -0.2) is 0 Å². The first-order chi connectivity index (χ1) is 8.51. The van der Waals surface area contributed by atoms with Crippen molar-refractivity contribution in [2.24, 2.45) is 11.1 Å². The van der Waals surface area contributed by atoms with Gasteiger partial charge >= 0.3 is 0 Å². The molecular formula is C15H30N2O. The van der Waals surface area contributed by atoms with E-state index in [1.54, 1.807) is 0 Å². The van der Waals surface area contributed by atoms with Gasteiger partial charge in [0, 0.05) is 25.7 Å². The van der Waals surface area contributed by atoms with E-state index in [-0.39, 0.29) is 5.54 Å². The van der Waals surface area contributed by atoms with Crippen molar-refractivity contribution in [1.82, 2.24) is 4.90 Å². The molecule has 2 aliphatic rings. The molecule has 106 valence electrons. The van der Waals surface area contributed by atoms with Crippen LogP contribution in [0.5, 0.6) is 0 Å². The average molecular weight is 254 g/mol. The summed E-state index contributed by atoms with van der Waals surface area (Å²) in [6, 6.07) is 0. The van der Waals surface area contributed by atoms with E-state index in [0.717, 1.165) is 13.0 Å². The lowest BCUT2D eigenvalue weighted by Gasteiger charge is -2.52. The fourth-order valence-electron chi connectivity index (χ4n) is 3.92. The zero-order valence-corrected chi connectivity index (χ0v) is 12.4. The standard InChI is InChI=1S/C15H30N2O/c1-14(2)7-5-9-17(12-14)15(11-16)8-4-6-13(10-15)18-3/h13H,4-12,16H2,1-3H3. The Morgan fingerprint density at radius 2 is 2.06 bits per heavy atom. The summed E-state index contributed by atoms with van der Waals surface area (Å²) in [6.07, 6.45) is 7.90. The first-order valence-electron chi connectivity index (χ1n) is 7.49. The van der Waals surface area contributed by atoms with Gasteiger partial charge in [0.2, 0.25) is 0 Å². The molecule has 1 aliphatic heterocycles. The highest BCUT2D eigenvalue weighted by atomic mass is 16.5. The Morgan fingerprint density at radius 1 is 1.28 bits per heavy atom. The molecule has 0 aromatic rings. The molecule has 18 heavy (non-hydrogen) atoms. The Labute approximate surface area is 112 Å². The summed E-state index contributed by atoms with van der Waals surface area (Å²) in [5.41, 5.74) is 6.83. The number of piperidine rings is 1. The number of ether oxygens (including phenoxy) is 1. The molecule has 0 radical (unpaired) electrons. The molecule has 2 unspecified atom stereocenters. The lowest BCUT2D eigenvalue weighted by molar-refractivity contribution is -0.0492. The molecule has 2 rings (SSSR count). The van der Waals surface area contributed by atoms with Gasteiger partial charge in [-0.05, 0) is 50.5 Å². The van der Waals surface area contributed by atoms with Crippen LogP contribution in [0.15, 0.2) is 0 Å². The Bertz CT molecular complexity index is 280. The first-order valence-corrected chi connectivity index (χ1v) is 7.49. The molecule has 0 bridgehead atoms. The molecule has 3 heteroatoms. The number of hydrogen-bond acceptors (Lipinski definition) is 3. The molecular weight excluding hydrogens is 224 g/mol. The van der Waals surface area contributed by atoms with Crippen LogP contribution in [-0.2, 0) is 4.74 Å². The van der Waals surface area contributed by atoms with Gasteiger partial charge in [-0.3, -0.25) is 4.90 Å². The summed E-state index contributed by atoms with van der Waals surface area (Å²) >= 11 is 0. The molecule has 2 fully saturated rings. The van der Waals surface area contributed by atoms with E-state index in [1.165, 1.54) is 45.2 Å². The predicted molar refractivity (Wildman–Crippen MR) is 75.6 cm³/mol. The molecule has 3 nitrogen and oxygen atoms in total. The van der Waals surface area contributed by atoms with Crippen molar-refractivity contribution in [3.8, 4) is 0 Å². The van der Waals surface area contributed by atoms with Crippen molar-refractivity contribution in [3.05, 3.63) is 0 Å². The quantitative estimate of drug-likeness (QED) is 0.840. The fourth-order valence-corrected chi connectivity index (χ4v) is 3.92. The van der Waals surface area contributed by atoms with Gasteiger partial charge in [0.1, 0.15) is 0 Å². The fraction of sp³-hybridized carbons (Fsp3) is 1.00. The smallest absolute Gasteiger partial charge is 0.0589 e. The van der Waals surface area contributed by atoms with Crippen LogP contribution < -0.4 is 5.73 Å². The number of likely N-dealkylation sites (tertiary alicyclic amines) is 1. The van der Waals surface area contributed by atoms with Gasteiger partial charge in [-0.15, -0.1) is 0 Å². The second-order valence-electron chi connectivity index (χ2n) is 7.07. The van der Waals surface area contributed by atoms with Crippen LogP contribution >= 0.6 is 0 Å². The van der Waals surface area contributed by atoms with Gasteiger partial charge in [0.05, 0.1) is 6.10 Å². The van der Waals surface area contributed by atoms with Crippen molar-refractivity contribution < 1.29 is 4.74 Å². The predicted octanol–water partition coefficient (Wildman–Crippen LogP) is 2.39. The Morgan fingerprint density at radius 3 is 2.67 bits per heavy atom. The molecule has 0 spiro atoms. The molecule has 1 heterocycles. The Hall–Kier alpha value is -0.120. The van der Waals surface area contributed by atoms with Crippen molar-refractivity contribution in [2.75, 3.05) is 26.7 Å². The molecule has 1 saturated heterocycles. The summed E-state index contributed by atoms with van der Waals surface area (Å²) in [5.74, 6) is 0. The van der Waals surface area contributed by atoms with E-state index in [1.807, 2.05) is 7.11 Å². The molecule has 0 aromatic heterocycles. The highest BCUT2D eigenvalue weighted by Crippen LogP contribution is 2.39. The van der Waals surface area contributed by atoms with E-state index >= 15 is 0 Å². The third kappa shape index (κ3) is 2.89.